The third kappa shape index (κ3) is 3.47. The molecule has 2 aliphatic rings. The Morgan fingerprint density at radius 1 is 1.28 bits per heavy atom. The van der Waals surface area contributed by atoms with E-state index in [0.717, 1.165) is 12.8 Å². The molecule has 1 aromatic rings. The monoisotopic (exact) mass is 389 g/mol. The first-order valence-corrected chi connectivity index (χ1v) is 11.5. The zero-order valence-electron chi connectivity index (χ0n) is 14.4. The van der Waals surface area contributed by atoms with Crippen LogP contribution in [0.4, 0.5) is 0 Å². The lowest BCUT2D eigenvalue weighted by Crippen LogP contribution is -2.38. The van der Waals surface area contributed by atoms with Crippen LogP contribution in [0.5, 0.6) is 0 Å². The summed E-state index contributed by atoms with van der Waals surface area (Å²) in [6, 6.07) is 1.02. The third-order valence-corrected chi connectivity index (χ3v) is 8.59. The van der Waals surface area contributed by atoms with Crippen molar-refractivity contribution in [2.75, 3.05) is 31.6 Å². The first-order chi connectivity index (χ1) is 11.6. The fourth-order valence-electron chi connectivity index (χ4n) is 3.39. The summed E-state index contributed by atoms with van der Waals surface area (Å²) in [5, 5.41) is 0. The molecule has 2 fully saturated rings. The summed E-state index contributed by atoms with van der Waals surface area (Å²) in [5.41, 5.74) is 0.240. The van der Waals surface area contributed by atoms with Gasteiger partial charge in [0.15, 0.2) is 9.84 Å². The van der Waals surface area contributed by atoms with E-state index in [4.69, 9.17) is 0 Å². The van der Waals surface area contributed by atoms with Gasteiger partial charge in [0.2, 0.25) is 10.0 Å². The molecule has 2 saturated heterocycles. The predicted octanol–water partition coefficient (Wildman–Crippen LogP) is 0.0687. The van der Waals surface area contributed by atoms with E-state index in [1.165, 1.54) is 26.0 Å². The summed E-state index contributed by atoms with van der Waals surface area (Å²) in [4.78, 5) is 14.2. The molecule has 0 aromatic carbocycles. The summed E-state index contributed by atoms with van der Waals surface area (Å²) in [5.74, 6) is -0.331. The number of sulfonamides is 1. The van der Waals surface area contributed by atoms with Gasteiger partial charge in [0.1, 0.15) is 10.6 Å². The Morgan fingerprint density at radius 3 is 2.48 bits per heavy atom. The largest absolute Gasteiger partial charge is 0.345 e. The van der Waals surface area contributed by atoms with E-state index in [1.807, 2.05) is 0 Å². The molecule has 10 heteroatoms. The molecule has 0 bridgehead atoms. The average Bonchev–Trinajstić information content (AvgIpc) is 3.25. The summed E-state index contributed by atoms with van der Waals surface area (Å²) >= 11 is 0. The Bertz CT molecular complexity index is 882. The molecular formula is C15H23N3O5S2. The van der Waals surface area contributed by atoms with E-state index in [0.29, 0.717) is 19.5 Å². The fraction of sp³-hybridized carbons (Fsp3) is 0.667. The Morgan fingerprint density at radius 2 is 1.92 bits per heavy atom. The molecule has 140 valence electrons. The number of rotatable bonds is 4. The Kier molecular flexibility index (Phi) is 4.71. The van der Waals surface area contributed by atoms with Crippen LogP contribution in [0.3, 0.4) is 0 Å². The topological polar surface area (TPSA) is 96.8 Å². The average molecular weight is 389 g/mol. The smallest absolute Gasteiger partial charge is 0.270 e. The lowest BCUT2D eigenvalue weighted by atomic mass is 10.2. The van der Waals surface area contributed by atoms with Crippen LogP contribution < -0.4 is 0 Å². The molecule has 1 amide bonds. The molecule has 0 radical (unpaired) electrons. The van der Waals surface area contributed by atoms with Gasteiger partial charge in [0.05, 0.1) is 11.5 Å². The van der Waals surface area contributed by atoms with Gasteiger partial charge in [-0.2, -0.15) is 4.31 Å². The number of hydrogen-bond donors (Lipinski definition) is 0. The Balaban J connectivity index is 1.83. The third-order valence-electron chi connectivity index (χ3n) is 4.98. The zero-order chi connectivity index (χ0) is 18.4. The highest BCUT2D eigenvalue weighted by Gasteiger charge is 2.35. The lowest BCUT2D eigenvalue weighted by molar-refractivity contribution is 0.0738. The molecule has 25 heavy (non-hydrogen) atoms. The predicted molar refractivity (Wildman–Crippen MR) is 92.6 cm³/mol. The van der Waals surface area contributed by atoms with Gasteiger partial charge in [-0.05, 0) is 25.3 Å². The standard InChI is InChI=1S/C15H23N3O5S2/c1-16-10-13(25(22,23)18-6-3-4-7-18)9-14(16)15(19)17(2)12-5-8-24(20,21)11-12/h9-10,12H,3-8,11H2,1-2H3. The molecule has 0 aliphatic carbocycles. The lowest BCUT2D eigenvalue weighted by Gasteiger charge is -2.23. The van der Waals surface area contributed by atoms with Crippen molar-refractivity contribution in [1.29, 1.82) is 0 Å². The van der Waals surface area contributed by atoms with Gasteiger partial charge >= 0.3 is 0 Å². The van der Waals surface area contributed by atoms with Crippen molar-refractivity contribution in [3.63, 3.8) is 0 Å². The number of carbonyl (C=O) groups is 1. The molecule has 1 atom stereocenters. The van der Waals surface area contributed by atoms with Crippen LogP contribution in [-0.4, -0.2) is 74.2 Å². The Hall–Kier alpha value is -1.39. The first-order valence-electron chi connectivity index (χ1n) is 8.26. The van der Waals surface area contributed by atoms with Crippen molar-refractivity contribution in [3.05, 3.63) is 18.0 Å². The maximum absolute atomic E-state index is 12.7. The molecule has 3 rings (SSSR count). The van der Waals surface area contributed by atoms with Crippen LogP contribution in [-0.2, 0) is 26.9 Å². The number of aryl methyl sites for hydroxylation is 1. The second kappa shape index (κ2) is 6.40. The summed E-state index contributed by atoms with van der Waals surface area (Å²) < 4.78 is 51.5. The normalized spacial score (nSPS) is 23.8. The van der Waals surface area contributed by atoms with Crippen LogP contribution in [0, 0.1) is 0 Å². The highest BCUT2D eigenvalue weighted by atomic mass is 32.2. The number of carbonyl (C=O) groups excluding carboxylic acids is 1. The van der Waals surface area contributed by atoms with Crippen LogP contribution >= 0.6 is 0 Å². The highest BCUT2D eigenvalue weighted by Crippen LogP contribution is 2.24. The first kappa shape index (κ1) is 18.4. The molecule has 0 N–H and O–H groups in total. The number of hydrogen-bond acceptors (Lipinski definition) is 5. The maximum Gasteiger partial charge on any atom is 0.270 e. The van der Waals surface area contributed by atoms with Crippen molar-refractivity contribution in [3.8, 4) is 0 Å². The molecule has 3 heterocycles. The van der Waals surface area contributed by atoms with Gasteiger partial charge in [-0.3, -0.25) is 4.79 Å². The quantitative estimate of drug-likeness (QED) is 0.726. The molecule has 1 unspecified atom stereocenters. The number of nitrogens with zero attached hydrogens (tertiary/aromatic N) is 3. The molecule has 0 spiro atoms. The van der Waals surface area contributed by atoms with Gasteiger partial charge in [-0.25, -0.2) is 16.8 Å². The molecule has 1 aromatic heterocycles. The highest BCUT2D eigenvalue weighted by molar-refractivity contribution is 7.91. The minimum absolute atomic E-state index is 0.0431. The fourth-order valence-corrected chi connectivity index (χ4v) is 6.76. The van der Waals surface area contributed by atoms with Gasteiger partial charge in [0, 0.05) is 39.4 Å². The van der Waals surface area contributed by atoms with Crippen molar-refractivity contribution in [2.24, 2.45) is 7.05 Å². The summed E-state index contributed by atoms with van der Waals surface area (Å²) in [6.07, 6.45) is 3.54. The SMILES string of the molecule is CN(C(=O)c1cc(S(=O)(=O)N2CCCC2)cn1C)C1CCS(=O)(=O)C1. The summed E-state index contributed by atoms with van der Waals surface area (Å²) in [7, 11) is -3.50. The number of sulfone groups is 1. The van der Waals surface area contributed by atoms with Crippen LogP contribution in [0.25, 0.3) is 0 Å². The van der Waals surface area contributed by atoms with Gasteiger partial charge < -0.3 is 9.47 Å². The van der Waals surface area contributed by atoms with Crippen LogP contribution in [0.2, 0.25) is 0 Å². The number of aromatic nitrogens is 1. The number of amides is 1. The van der Waals surface area contributed by atoms with Crippen molar-refractivity contribution < 1.29 is 21.6 Å². The molecule has 0 saturated carbocycles. The second-order valence-corrected chi connectivity index (χ2v) is 10.9. The van der Waals surface area contributed by atoms with Gasteiger partial charge in [-0.15, -0.1) is 0 Å². The van der Waals surface area contributed by atoms with E-state index < -0.39 is 19.9 Å². The zero-order valence-corrected chi connectivity index (χ0v) is 16.0. The minimum atomic E-state index is -3.59. The summed E-state index contributed by atoms with van der Waals surface area (Å²) in [6.45, 7) is 1.00. The van der Waals surface area contributed by atoms with Crippen molar-refractivity contribution in [1.82, 2.24) is 13.8 Å². The van der Waals surface area contributed by atoms with E-state index in [2.05, 4.69) is 0 Å². The molecule has 8 nitrogen and oxygen atoms in total. The minimum Gasteiger partial charge on any atom is -0.345 e. The maximum atomic E-state index is 12.7. The van der Waals surface area contributed by atoms with Crippen LogP contribution in [0.15, 0.2) is 17.2 Å². The van der Waals surface area contributed by atoms with Crippen LogP contribution in [0.1, 0.15) is 29.8 Å². The van der Waals surface area contributed by atoms with Crippen molar-refractivity contribution >= 4 is 25.8 Å². The van der Waals surface area contributed by atoms with Gasteiger partial charge in [0.25, 0.3) is 5.91 Å². The van der Waals surface area contributed by atoms with E-state index in [1.54, 1.807) is 14.1 Å². The van der Waals surface area contributed by atoms with E-state index >= 15 is 0 Å². The van der Waals surface area contributed by atoms with Crippen molar-refractivity contribution in [2.45, 2.75) is 30.2 Å². The Labute approximate surface area is 148 Å². The van der Waals surface area contributed by atoms with E-state index in [9.17, 15) is 21.6 Å². The molecule has 2 aliphatic heterocycles. The molecular weight excluding hydrogens is 366 g/mol. The van der Waals surface area contributed by atoms with Gasteiger partial charge in [-0.1, -0.05) is 0 Å². The second-order valence-electron chi connectivity index (χ2n) is 6.76. The van der Waals surface area contributed by atoms with E-state index in [-0.39, 0.29) is 34.0 Å².